The summed E-state index contributed by atoms with van der Waals surface area (Å²) in [5, 5.41) is 9.60. The van der Waals surface area contributed by atoms with Gasteiger partial charge in [0.15, 0.2) is 0 Å². The molecule has 0 unspecified atom stereocenters. The van der Waals surface area contributed by atoms with E-state index in [-0.39, 0.29) is 11.5 Å². The van der Waals surface area contributed by atoms with E-state index in [1.54, 1.807) is 0 Å². The predicted molar refractivity (Wildman–Crippen MR) is 52.5 cm³/mol. The van der Waals surface area contributed by atoms with Gasteiger partial charge in [-0.05, 0) is 6.54 Å². The maximum atomic E-state index is 10.8. The van der Waals surface area contributed by atoms with E-state index in [1.165, 1.54) is 7.11 Å². The number of nitrogens with zero attached hydrogens (tertiary/aromatic N) is 1. The lowest BCUT2D eigenvalue weighted by atomic mass is 10.4. The first-order chi connectivity index (χ1) is 6.69. The van der Waals surface area contributed by atoms with Gasteiger partial charge >= 0.3 is 5.97 Å². The van der Waals surface area contributed by atoms with Gasteiger partial charge in [-0.3, -0.25) is 0 Å². The van der Waals surface area contributed by atoms with Crippen LogP contribution >= 0.6 is 11.3 Å². The summed E-state index contributed by atoms with van der Waals surface area (Å²) in [7, 11) is 1.51. The molecule has 0 aliphatic carbocycles. The maximum absolute atomic E-state index is 10.8. The molecule has 14 heavy (non-hydrogen) atoms. The number of hydrogen-bond donors (Lipinski definition) is 2. The first-order valence-electron chi connectivity index (χ1n) is 4.10. The average molecular weight is 216 g/mol. The zero-order valence-corrected chi connectivity index (χ0v) is 8.63. The van der Waals surface area contributed by atoms with Crippen LogP contribution in [-0.2, 0) is 17.8 Å². The van der Waals surface area contributed by atoms with Crippen molar-refractivity contribution in [2.45, 2.75) is 13.0 Å². The molecule has 5 nitrogen and oxygen atoms in total. The van der Waals surface area contributed by atoms with E-state index in [0.717, 1.165) is 16.3 Å². The minimum Gasteiger partial charge on any atom is -0.477 e. The van der Waals surface area contributed by atoms with Crippen molar-refractivity contribution >= 4 is 17.3 Å². The SMILES string of the molecule is COCc1nc(CCN)sc1C(=O)O. The van der Waals surface area contributed by atoms with E-state index >= 15 is 0 Å². The van der Waals surface area contributed by atoms with Crippen LogP contribution in [0.5, 0.6) is 0 Å². The fourth-order valence-corrected chi connectivity index (χ4v) is 1.95. The van der Waals surface area contributed by atoms with E-state index in [0.29, 0.717) is 18.7 Å². The Morgan fingerprint density at radius 3 is 2.93 bits per heavy atom. The van der Waals surface area contributed by atoms with E-state index in [4.69, 9.17) is 15.6 Å². The number of aromatic nitrogens is 1. The van der Waals surface area contributed by atoms with Gasteiger partial charge in [0.1, 0.15) is 4.88 Å². The molecule has 0 radical (unpaired) electrons. The molecule has 1 heterocycles. The van der Waals surface area contributed by atoms with Gasteiger partial charge in [0.25, 0.3) is 0 Å². The Morgan fingerprint density at radius 2 is 2.43 bits per heavy atom. The summed E-state index contributed by atoms with van der Waals surface area (Å²) < 4.78 is 4.86. The highest BCUT2D eigenvalue weighted by Crippen LogP contribution is 2.19. The van der Waals surface area contributed by atoms with Crippen LogP contribution in [0.2, 0.25) is 0 Å². The van der Waals surface area contributed by atoms with Gasteiger partial charge in [0.2, 0.25) is 0 Å². The molecule has 0 aliphatic heterocycles. The molecule has 1 aromatic heterocycles. The minimum absolute atomic E-state index is 0.225. The highest BCUT2D eigenvalue weighted by molar-refractivity contribution is 7.13. The Hall–Kier alpha value is -0.980. The fraction of sp³-hybridized carbons (Fsp3) is 0.500. The van der Waals surface area contributed by atoms with Crippen molar-refractivity contribution in [3.63, 3.8) is 0 Å². The normalized spacial score (nSPS) is 10.4. The summed E-state index contributed by atoms with van der Waals surface area (Å²) in [6.07, 6.45) is 0.606. The molecule has 3 N–H and O–H groups in total. The Kier molecular flexibility index (Phi) is 3.99. The van der Waals surface area contributed by atoms with Crippen molar-refractivity contribution in [1.82, 2.24) is 4.98 Å². The van der Waals surface area contributed by atoms with Crippen molar-refractivity contribution in [1.29, 1.82) is 0 Å². The van der Waals surface area contributed by atoms with E-state index in [2.05, 4.69) is 4.98 Å². The van der Waals surface area contributed by atoms with Gasteiger partial charge in [-0.2, -0.15) is 0 Å². The molecule has 0 atom stereocenters. The molecule has 1 aromatic rings. The lowest BCUT2D eigenvalue weighted by Crippen LogP contribution is -2.02. The first kappa shape index (κ1) is 11.1. The summed E-state index contributed by atoms with van der Waals surface area (Å²) in [4.78, 5) is 15.2. The zero-order chi connectivity index (χ0) is 10.6. The Bertz CT molecular complexity index is 324. The number of carboxylic acid groups (broad SMARTS) is 1. The zero-order valence-electron chi connectivity index (χ0n) is 7.82. The number of ether oxygens (including phenoxy) is 1. The van der Waals surface area contributed by atoms with Gasteiger partial charge in [-0.15, -0.1) is 11.3 Å². The second-order valence-corrected chi connectivity index (χ2v) is 3.74. The van der Waals surface area contributed by atoms with Crippen molar-refractivity contribution < 1.29 is 14.6 Å². The number of thiazole rings is 1. The summed E-state index contributed by atoms with van der Waals surface area (Å²) in [5.41, 5.74) is 5.84. The predicted octanol–water partition coefficient (Wildman–Crippen LogP) is 0.489. The quantitative estimate of drug-likeness (QED) is 0.748. The second-order valence-electron chi connectivity index (χ2n) is 2.66. The largest absolute Gasteiger partial charge is 0.477 e. The van der Waals surface area contributed by atoms with Gasteiger partial charge in [0, 0.05) is 13.5 Å². The maximum Gasteiger partial charge on any atom is 0.347 e. The standard InChI is InChI=1S/C8H12N2O3S/c1-13-4-5-7(8(11)12)14-6(10-5)2-3-9/h2-4,9H2,1H3,(H,11,12). The van der Waals surface area contributed by atoms with Crippen LogP contribution in [0, 0.1) is 0 Å². The molecule has 0 bridgehead atoms. The summed E-state index contributed by atoms with van der Waals surface area (Å²) in [6.45, 7) is 0.696. The monoisotopic (exact) mass is 216 g/mol. The average Bonchev–Trinajstić information content (AvgIpc) is 2.49. The van der Waals surface area contributed by atoms with Crippen LogP contribution in [0.1, 0.15) is 20.4 Å². The molecule has 0 aromatic carbocycles. The van der Waals surface area contributed by atoms with Gasteiger partial charge in [-0.25, -0.2) is 9.78 Å². The third kappa shape index (κ3) is 2.50. The lowest BCUT2D eigenvalue weighted by Gasteiger charge is -1.94. The third-order valence-electron chi connectivity index (χ3n) is 1.58. The Morgan fingerprint density at radius 1 is 1.71 bits per heavy atom. The molecule has 6 heteroatoms. The second kappa shape index (κ2) is 5.04. The van der Waals surface area contributed by atoms with E-state index in [1.807, 2.05) is 0 Å². The minimum atomic E-state index is -0.960. The van der Waals surface area contributed by atoms with Crippen LogP contribution in [0.15, 0.2) is 0 Å². The van der Waals surface area contributed by atoms with Gasteiger partial charge in [-0.1, -0.05) is 0 Å². The van der Waals surface area contributed by atoms with Gasteiger partial charge < -0.3 is 15.6 Å². The molecule has 0 fully saturated rings. The highest BCUT2D eigenvalue weighted by Gasteiger charge is 2.16. The number of aromatic carboxylic acids is 1. The van der Waals surface area contributed by atoms with E-state index < -0.39 is 5.97 Å². The highest BCUT2D eigenvalue weighted by atomic mass is 32.1. The van der Waals surface area contributed by atoms with Crippen LogP contribution in [-0.4, -0.2) is 29.7 Å². The summed E-state index contributed by atoms with van der Waals surface area (Å²) in [5.74, 6) is -0.960. The number of nitrogens with two attached hydrogens (primary N) is 1. The smallest absolute Gasteiger partial charge is 0.347 e. The molecular weight excluding hydrogens is 204 g/mol. The number of rotatable bonds is 5. The van der Waals surface area contributed by atoms with Crippen LogP contribution in [0.3, 0.4) is 0 Å². The molecule has 0 aliphatic rings. The number of hydrogen-bond acceptors (Lipinski definition) is 5. The van der Waals surface area contributed by atoms with Crippen LogP contribution in [0.4, 0.5) is 0 Å². The van der Waals surface area contributed by atoms with Crippen molar-refractivity contribution in [2.75, 3.05) is 13.7 Å². The number of methoxy groups -OCH3 is 1. The fourth-order valence-electron chi connectivity index (χ4n) is 1.03. The number of carboxylic acids is 1. The van der Waals surface area contributed by atoms with Gasteiger partial charge in [0.05, 0.1) is 17.3 Å². The van der Waals surface area contributed by atoms with Crippen molar-refractivity contribution in [3.05, 3.63) is 15.6 Å². The molecule has 0 spiro atoms. The van der Waals surface area contributed by atoms with Crippen molar-refractivity contribution in [3.8, 4) is 0 Å². The Balaban J connectivity index is 2.93. The molecule has 78 valence electrons. The molecule has 0 saturated heterocycles. The number of carbonyl (C=O) groups is 1. The molecule has 0 amide bonds. The molecule has 1 rings (SSSR count). The lowest BCUT2D eigenvalue weighted by molar-refractivity contribution is 0.0697. The van der Waals surface area contributed by atoms with Crippen LogP contribution < -0.4 is 5.73 Å². The summed E-state index contributed by atoms with van der Waals surface area (Å²) in [6, 6.07) is 0. The summed E-state index contributed by atoms with van der Waals surface area (Å²) >= 11 is 1.16. The third-order valence-corrected chi connectivity index (χ3v) is 2.72. The van der Waals surface area contributed by atoms with Crippen LogP contribution in [0.25, 0.3) is 0 Å². The topological polar surface area (TPSA) is 85.4 Å². The van der Waals surface area contributed by atoms with E-state index in [9.17, 15) is 4.79 Å². The first-order valence-corrected chi connectivity index (χ1v) is 4.91. The Labute approximate surface area is 85.5 Å². The molecule has 0 saturated carbocycles. The van der Waals surface area contributed by atoms with Crippen molar-refractivity contribution in [2.24, 2.45) is 5.73 Å². The molecular formula is C8H12N2O3S.